The Bertz CT molecular complexity index is 1160. The van der Waals surface area contributed by atoms with Gasteiger partial charge in [-0.25, -0.2) is 5.01 Å². The van der Waals surface area contributed by atoms with Gasteiger partial charge in [0.15, 0.2) is 0 Å². The highest BCUT2D eigenvalue weighted by molar-refractivity contribution is 7.12. The Kier molecular flexibility index (Phi) is 7.77. The molecular formula is C25H27N3O4S2. The third-order valence-electron chi connectivity index (χ3n) is 5.69. The van der Waals surface area contributed by atoms with Gasteiger partial charge in [0, 0.05) is 30.5 Å². The molecule has 7 nitrogen and oxygen atoms in total. The molecule has 0 N–H and O–H groups in total. The van der Waals surface area contributed by atoms with Gasteiger partial charge in [-0.05, 0) is 59.6 Å². The molecular weight excluding hydrogens is 470 g/mol. The summed E-state index contributed by atoms with van der Waals surface area (Å²) in [5.74, 6) is 0.207. The topological polar surface area (TPSA) is 71.4 Å². The van der Waals surface area contributed by atoms with Gasteiger partial charge in [0.1, 0.15) is 12.3 Å². The van der Waals surface area contributed by atoms with E-state index in [2.05, 4.69) is 13.0 Å². The summed E-state index contributed by atoms with van der Waals surface area (Å²) in [7, 11) is 3.15. The van der Waals surface area contributed by atoms with Crippen molar-refractivity contribution in [3.8, 4) is 5.75 Å². The van der Waals surface area contributed by atoms with Gasteiger partial charge < -0.3 is 14.4 Å². The van der Waals surface area contributed by atoms with Crippen LogP contribution in [0.4, 0.5) is 0 Å². The van der Waals surface area contributed by atoms with E-state index in [0.29, 0.717) is 30.9 Å². The molecule has 0 saturated heterocycles. The number of nitrogens with zero attached hydrogens (tertiary/aromatic N) is 3. The zero-order valence-electron chi connectivity index (χ0n) is 19.4. The summed E-state index contributed by atoms with van der Waals surface area (Å²) in [5, 5.41) is 10.3. The number of carbonyl (C=O) groups is 2. The van der Waals surface area contributed by atoms with Crippen molar-refractivity contribution in [3.63, 3.8) is 0 Å². The lowest BCUT2D eigenvalue weighted by molar-refractivity contribution is -0.133. The normalized spacial score (nSPS) is 15.3. The standard InChI is InChI=1S/C25H27N3O4S2/c1-17-10-14-34-24(17)21-15-20(22-5-4-13-33-22)26-28(21)23(29)16-27(11-12-31-2)25(30)18-6-8-19(32-3)9-7-18/h4-10,13-14,21H,11-12,15-16H2,1-3H3/t21-/m0/s1. The van der Waals surface area contributed by atoms with Crippen molar-refractivity contribution in [2.45, 2.75) is 19.4 Å². The van der Waals surface area contributed by atoms with E-state index in [1.165, 1.54) is 4.90 Å². The van der Waals surface area contributed by atoms with Crippen LogP contribution in [0.25, 0.3) is 0 Å². The number of hydrogen-bond acceptors (Lipinski definition) is 7. The van der Waals surface area contributed by atoms with E-state index in [9.17, 15) is 9.59 Å². The predicted octanol–water partition coefficient (Wildman–Crippen LogP) is 4.59. The van der Waals surface area contributed by atoms with E-state index in [1.54, 1.807) is 66.2 Å². The molecule has 1 atom stereocenters. The lowest BCUT2D eigenvalue weighted by Gasteiger charge is -2.27. The minimum atomic E-state index is -0.237. The molecule has 34 heavy (non-hydrogen) atoms. The second-order valence-electron chi connectivity index (χ2n) is 7.90. The molecule has 178 valence electrons. The number of ether oxygens (including phenoxy) is 2. The number of rotatable bonds is 9. The van der Waals surface area contributed by atoms with Crippen LogP contribution in [0.2, 0.25) is 0 Å². The van der Waals surface area contributed by atoms with Crippen LogP contribution >= 0.6 is 22.7 Å². The third-order valence-corrected chi connectivity index (χ3v) is 7.73. The Morgan fingerprint density at radius 1 is 1.12 bits per heavy atom. The Balaban J connectivity index is 1.58. The number of thiophene rings is 2. The number of hydrogen-bond donors (Lipinski definition) is 0. The molecule has 0 fully saturated rings. The molecule has 0 bridgehead atoms. The molecule has 2 amide bonds. The first-order chi connectivity index (χ1) is 16.5. The summed E-state index contributed by atoms with van der Waals surface area (Å²) in [6.07, 6.45) is 0.651. The summed E-state index contributed by atoms with van der Waals surface area (Å²) in [5.41, 5.74) is 2.52. The van der Waals surface area contributed by atoms with Gasteiger partial charge in [0.2, 0.25) is 0 Å². The number of carbonyl (C=O) groups excluding carboxylic acids is 2. The van der Waals surface area contributed by atoms with E-state index in [1.807, 2.05) is 22.9 Å². The van der Waals surface area contributed by atoms with Gasteiger partial charge in [-0.3, -0.25) is 9.59 Å². The highest BCUT2D eigenvalue weighted by Crippen LogP contribution is 2.38. The number of amides is 2. The van der Waals surface area contributed by atoms with Gasteiger partial charge in [0.25, 0.3) is 11.8 Å². The van der Waals surface area contributed by atoms with Crippen LogP contribution in [0.3, 0.4) is 0 Å². The smallest absolute Gasteiger partial charge is 0.262 e. The fourth-order valence-electron chi connectivity index (χ4n) is 3.87. The lowest BCUT2D eigenvalue weighted by Crippen LogP contribution is -2.42. The van der Waals surface area contributed by atoms with Crippen molar-refractivity contribution in [1.82, 2.24) is 9.91 Å². The van der Waals surface area contributed by atoms with E-state index in [0.717, 1.165) is 21.0 Å². The molecule has 3 aromatic rings. The highest BCUT2D eigenvalue weighted by Gasteiger charge is 2.36. The zero-order valence-corrected chi connectivity index (χ0v) is 21.0. The average Bonchev–Trinajstić information content (AvgIpc) is 3.61. The Labute approximate surface area is 207 Å². The van der Waals surface area contributed by atoms with Crippen molar-refractivity contribution in [2.24, 2.45) is 5.10 Å². The van der Waals surface area contributed by atoms with Crippen LogP contribution in [-0.2, 0) is 9.53 Å². The maximum atomic E-state index is 13.6. The molecule has 2 aromatic heterocycles. The van der Waals surface area contributed by atoms with Crippen LogP contribution in [0.1, 0.15) is 38.1 Å². The maximum Gasteiger partial charge on any atom is 0.262 e. The van der Waals surface area contributed by atoms with Crippen LogP contribution in [0, 0.1) is 6.92 Å². The molecule has 1 aliphatic heterocycles. The second kappa shape index (κ2) is 10.9. The summed E-state index contributed by atoms with van der Waals surface area (Å²) in [4.78, 5) is 30.5. The van der Waals surface area contributed by atoms with Gasteiger partial charge in [-0.2, -0.15) is 5.10 Å². The van der Waals surface area contributed by atoms with Crippen molar-refractivity contribution < 1.29 is 19.1 Å². The number of methoxy groups -OCH3 is 2. The molecule has 0 spiro atoms. The molecule has 0 radical (unpaired) electrons. The lowest BCUT2D eigenvalue weighted by atomic mass is 10.1. The maximum absolute atomic E-state index is 13.6. The van der Waals surface area contributed by atoms with Crippen molar-refractivity contribution >= 4 is 40.2 Å². The van der Waals surface area contributed by atoms with Gasteiger partial charge in [-0.1, -0.05) is 6.07 Å². The molecule has 4 rings (SSSR count). The fraction of sp³-hybridized carbons (Fsp3) is 0.320. The van der Waals surface area contributed by atoms with E-state index in [4.69, 9.17) is 14.6 Å². The predicted molar refractivity (Wildman–Crippen MR) is 135 cm³/mol. The number of benzene rings is 1. The zero-order chi connectivity index (χ0) is 24.1. The van der Waals surface area contributed by atoms with Crippen molar-refractivity contribution in [2.75, 3.05) is 33.9 Å². The summed E-state index contributed by atoms with van der Waals surface area (Å²) >= 11 is 3.24. The Morgan fingerprint density at radius 2 is 1.91 bits per heavy atom. The largest absolute Gasteiger partial charge is 0.497 e. The van der Waals surface area contributed by atoms with Crippen molar-refractivity contribution in [3.05, 3.63) is 74.1 Å². The number of aryl methyl sites for hydroxylation is 1. The Hall–Kier alpha value is -3.01. The molecule has 1 aliphatic rings. The number of hydrazone groups is 1. The summed E-state index contributed by atoms with van der Waals surface area (Å²) in [6.45, 7) is 2.59. The highest BCUT2D eigenvalue weighted by atomic mass is 32.1. The minimum absolute atomic E-state index is 0.0869. The quantitative estimate of drug-likeness (QED) is 0.433. The SMILES string of the molecule is COCCN(CC(=O)N1N=C(c2cccs2)C[C@H]1c1sccc1C)C(=O)c1ccc(OC)cc1. The molecule has 1 aromatic carbocycles. The van der Waals surface area contributed by atoms with Crippen molar-refractivity contribution in [1.29, 1.82) is 0 Å². The summed E-state index contributed by atoms with van der Waals surface area (Å²) < 4.78 is 10.4. The van der Waals surface area contributed by atoms with Crippen LogP contribution < -0.4 is 4.74 Å². The first-order valence-corrected chi connectivity index (χ1v) is 12.7. The Morgan fingerprint density at radius 3 is 2.53 bits per heavy atom. The first kappa shape index (κ1) is 24.1. The average molecular weight is 498 g/mol. The molecule has 0 aliphatic carbocycles. The first-order valence-electron chi connectivity index (χ1n) is 10.9. The second-order valence-corrected chi connectivity index (χ2v) is 9.79. The monoisotopic (exact) mass is 497 g/mol. The van der Waals surface area contributed by atoms with Gasteiger partial charge in [-0.15, -0.1) is 22.7 Å². The van der Waals surface area contributed by atoms with E-state index >= 15 is 0 Å². The molecule has 3 heterocycles. The van der Waals surface area contributed by atoms with Crippen LogP contribution in [0.5, 0.6) is 5.75 Å². The summed E-state index contributed by atoms with van der Waals surface area (Å²) in [6, 6.07) is 12.8. The minimum Gasteiger partial charge on any atom is -0.497 e. The van der Waals surface area contributed by atoms with Gasteiger partial charge >= 0.3 is 0 Å². The van der Waals surface area contributed by atoms with E-state index < -0.39 is 0 Å². The third kappa shape index (κ3) is 5.22. The molecule has 9 heteroatoms. The van der Waals surface area contributed by atoms with Crippen LogP contribution in [-0.4, -0.2) is 61.4 Å². The van der Waals surface area contributed by atoms with Crippen LogP contribution in [0.15, 0.2) is 58.3 Å². The molecule has 0 saturated carbocycles. The molecule has 0 unspecified atom stereocenters. The van der Waals surface area contributed by atoms with E-state index in [-0.39, 0.29) is 24.4 Å². The fourth-order valence-corrected chi connectivity index (χ4v) is 5.60. The van der Waals surface area contributed by atoms with Gasteiger partial charge in [0.05, 0.1) is 30.3 Å².